The molecule has 0 aliphatic carbocycles. The predicted octanol–water partition coefficient (Wildman–Crippen LogP) is 2.83. The van der Waals surface area contributed by atoms with E-state index in [0.717, 1.165) is 16.0 Å². The SMILES string of the molecule is COc1ccc(CN2C(=O)[C@@H](N(Cc3ccccc3)C(=O)O)[C@H]2Cn2ccccc2=O)c(OC)c1. The minimum Gasteiger partial charge on any atom is -0.497 e. The van der Waals surface area contributed by atoms with Crippen LogP contribution in [0.4, 0.5) is 4.79 Å². The van der Waals surface area contributed by atoms with Gasteiger partial charge in [0.05, 0.1) is 20.3 Å². The van der Waals surface area contributed by atoms with Gasteiger partial charge in [0, 0.05) is 43.5 Å². The number of rotatable bonds is 9. The van der Waals surface area contributed by atoms with E-state index in [9.17, 15) is 19.5 Å². The van der Waals surface area contributed by atoms with Gasteiger partial charge >= 0.3 is 6.09 Å². The van der Waals surface area contributed by atoms with E-state index in [4.69, 9.17) is 9.47 Å². The number of β-lactam (4-membered cyclic amide) rings is 1. The van der Waals surface area contributed by atoms with Crippen molar-refractivity contribution in [2.75, 3.05) is 14.2 Å². The van der Waals surface area contributed by atoms with E-state index in [2.05, 4.69) is 0 Å². The number of hydrogen-bond donors (Lipinski definition) is 1. The summed E-state index contributed by atoms with van der Waals surface area (Å²) < 4.78 is 12.2. The molecule has 2 atom stereocenters. The Labute approximate surface area is 202 Å². The Morgan fingerprint density at radius 1 is 1.00 bits per heavy atom. The van der Waals surface area contributed by atoms with Gasteiger partial charge in [0.25, 0.3) is 5.56 Å². The summed E-state index contributed by atoms with van der Waals surface area (Å²) >= 11 is 0. The van der Waals surface area contributed by atoms with Crippen LogP contribution < -0.4 is 15.0 Å². The molecule has 1 fully saturated rings. The Balaban J connectivity index is 1.66. The van der Waals surface area contributed by atoms with E-state index >= 15 is 0 Å². The van der Waals surface area contributed by atoms with Gasteiger partial charge in [-0.25, -0.2) is 4.79 Å². The van der Waals surface area contributed by atoms with Gasteiger partial charge in [-0.1, -0.05) is 36.4 Å². The second-order valence-electron chi connectivity index (χ2n) is 8.24. The summed E-state index contributed by atoms with van der Waals surface area (Å²) in [6.07, 6.45) is 0.440. The lowest BCUT2D eigenvalue weighted by Crippen LogP contribution is -2.72. The minimum atomic E-state index is -1.20. The zero-order valence-corrected chi connectivity index (χ0v) is 19.5. The van der Waals surface area contributed by atoms with Gasteiger partial charge in [0.1, 0.15) is 17.5 Å². The van der Waals surface area contributed by atoms with Gasteiger partial charge < -0.3 is 24.0 Å². The van der Waals surface area contributed by atoms with Crippen LogP contribution in [0.25, 0.3) is 0 Å². The summed E-state index contributed by atoms with van der Waals surface area (Å²) in [6, 6.07) is 17.8. The summed E-state index contributed by atoms with van der Waals surface area (Å²) in [4.78, 5) is 40.8. The van der Waals surface area contributed by atoms with Crippen molar-refractivity contribution in [3.63, 3.8) is 0 Å². The molecule has 0 radical (unpaired) electrons. The Morgan fingerprint density at radius 3 is 2.40 bits per heavy atom. The van der Waals surface area contributed by atoms with Crippen LogP contribution in [0.2, 0.25) is 0 Å². The van der Waals surface area contributed by atoms with Crippen molar-refractivity contribution in [1.29, 1.82) is 0 Å². The van der Waals surface area contributed by atoms with Gasteiger partial charge in [0.15, 0.2) is 0 Å². The number of pyridine rings is 1. The molecular formula is C26H27N3O6. The lowest BCUT2D eigenvalue weighted by Gasteiger charge is -2.50. The largest absolute Gasteiger partial charge is 0.497 e. The number of ether oxygens (including phenoxy) is 2. The van der Waals surface area contributed by atoms with Gasteiger partial charge in [0.2, 0.25) is 5.91 Å². The molecule has 1 aliphatic heterocycles. The number of nitrogens with zero attached hydrogens (tertiary/aromatic N) is 3. The molecule has 182 valence electrons. The van der Waals surface area contributed by atoms with Crippen molar-refractivity contribution in [3.05, 3.63) is 94.4 Å². The van der Waals surface area contributed by atoms with Gasteiger partial charge in [-0.15, -0.1) is 0 Å². The molecule has 0 spiro atoms. The fourth-order valence-electron chi connectivity index (χ4n) is 4.36. The molecule has 1 aromatic heterocycles. The average molecular weight is 478 g/mol. The molecular weight excluding hydrogens is 450 g/mol. The molecule has 4 rings (SSSR count). The molecule has 9 heteroatoms. The molecule has 2 heterocycles. The third kappa shape index (κ3) is 4.98. The highest BCUT2D eigenvalue weighted by Gasteiger charge is 2.52. The predicted molar refractivity (Wildman–Crippen MR) is 128 cm³/mol. The first kappa shape index (κ1) is 23.9. The zero-order valence-electron chi connectivity index (χ0n) is 19.5. The average Bonchev–Trinajstić information content (AvgIpc) is 2.88. The maximum absolute atomic E-state index is 13.4. The molecule has 0 unspecified atom stereocenters. The van der Waals surface area contributed by atoms with Crippen molar-refractivity contribution < 1.29 is 24.2 Å². The lowest BCUT2D eigenvalue weighted by molar-refractivity contribution is -0.160. The first-order valence-electron chi connectivity index (χ1n) is 11.1. The number of benzene rings is 2. The summed E-state index contributed by atoms with van der Waals surface area (Å²) in [7, 11) is 3.09. The molecule has 1 aliphatic rings. The van der Waals surface area contributed by atoms with Crippen LogP contribution in [0.3, 0.4) is 0 Å². The van der Waals surface area contributed by atoms with Gasteiger partial charge in [-0.05, 0) is 23.8 Å². The summed E-state index contributed by atoms with van der Waals surface area (Å²) in [5.41, 5.74) is 1.29. The number of hydrogen-bond acceptors (Lipinski definition) is 5. The van der Waals surface area contributed by atoms with Gasteiger partial charge in [-0.2, -0.15) is 0 Å². The standard InChI is InChI=1S/C26H27N3O6/c1-34-20-12-11-19(22(14-20)35-2)16-28-21(17-27-13-7-6-10-23(27)30)24(25(28)31)29(26(32)33)15-18-8-4-3-5-9-18/h3-14,21,24H,15-17H2,1-2H3,(H,32,33)/t21-,24+/m1/s1. The maximum atomic E-state index is 13.4. The van der Waals surface area contributed by atoms with E-state index < -0.39 is 18.2 Å². The number of methoxy groups -OCH3 is 2. The molecule has 0 bridgehead atoms. The molecule has 0 saturated carbocycles. The number of amides is 2. The number of likely N-dealkylation sites (tertiary alicyclic amines) is 1. The van der Waals surface area contributed by atoms with Crippen molar-refractivity contribution in [3.8, 4) is 11.5 Å². The Hall–Kier alpha value is -4.27. The zero-order chi connectivity index (χ0) is 24.9. The molecule has 3 aromatic rings. The van der Waals surface area contributed by atoms with Crippen LogP contribution in [0.5, 0.6) is 11.5 Å². The fourth-order valence-corrected chi connectivity index (χ4v) is 4.36. The van der Waals surface area contributed by atoms with E-state index in [-0.39, 0.29) is 31.1 Å². The second-order valence-corrected chi connectivity index (χ2v) is 8.24. The van der Waals surface area contributed by atoms with Crippen molar-refractivity contribution in [2.24, 2.45) is 0 Å². The number of aromatic nitrogens is 1. The number of carbonyl (C=O) groups is 2. The van der Waals surface area contributed by atoms with Gasteiger partial charge in [-0.3, -0.25) is 14.5 Å². The molecule has 1 saturated heterocycles. The van der Waals surface area contributed by atoms with Crippen LogP contribution in [0, 0.1) is 0 Å². The van der Waals surface area contributed by atoms with E-state index in [0.29, 0.717) is 11.5 Å². The highest BCUT2D eigenvalue weighted by molar-refractivity contribution is 5.92. The van der Waals surface area contributed by atoms with Crippen molar-refractivity contribution >= 4 is 12.0 Å². The van der Waals surface area contributed by atoms with E-state index in [1.807, 2.05) is 36.4 Å². The summed E-state index contributed by atoms with van der Waals surface area (Å²) in [5.74, 6) is 0.844. The van der Waals surface area contributed by atoms with Crippen LogP contribution in [-0.4, -0.2) is 57.8 Å². The van der Waals surface area contributed by atoms with E-state index in [1.54, 1.807) is 42.5 Å². The summed E-state index contributed by atoms with van der Waals surface area (Å²) in [5, 5.41) is 9.99. The second kappa shape index (κ2) is 10.3. The molecule has 35 heavy (non-hydrogen) atoms. The lowest BCUT2D eigenvalue weighted by atomic mass is 9.91. The van der Waals surface area contributed by atoms with Crippen molar-refractivity contribution in [1.82, 2.24) is 14.4 Å². The maximum Gasteiger partial charge on any atom is 0.408 e. The monoisotopic (exact) mass is 477 g/mol. The molecule has 9 nitrogen and oxygen atoms in total. The highest BCUT2D eigenvalue weighted by atomic mass is 16.5. The number of carbonyl (C=O) groups excluding carboxylic acids is 1. The third-order valence-electron chi connectivity index (χ3n) is 6.20. The third-order valence-corrected chi connectivity index (χ3v) is 6.20. The Bertz CT molecular complexity index is 1260. The first-order valence-corrected chi connectivity index (χ1v) is 11.1. The molecule has 1 N–H and O–H groups in total. The Kier molecular flexibility index (Phi) is 7.05. The molecule has 2 aromatic carbocycles. The topological polar surface area (TPSA) is 101 Å². The highest BCUT2D eigenvalue weighted by Crippen LogP contribution is 2.33. The number of carboxylic acid groups (broad SMARTS) is 1. The normalized spacial score (nSPS) is 17.0. The fraction of sp³-hybridized carbons (Fsp3) is 0.269. The van der Waals surface area contributed by atoms with Crippen LogP contribution in [0.15, 0.2) is 77.7 Å². The first-order chi connectivity index (χ1) is 16.9. The van der Waals surface area contributed by atoms with Crippen LogP contribution in [0.1, 0.15) is 11.1 Å². The summed E-state index contributed by atoms with van der Waals surface area (Å²) in [6.45, 7) is 0.424. The minimum absolute atomic E-state index is 0.0620. The smallest absolute Gasteiger partial charge is 0.408 e. The molecule has 2 amide bonds. The van der Waals surface area contributed by atoms with Crippen LogP contribution in [-0.2, 0) is 24.4 Å². The quantitative estimate of drug-likeness (QED) is 0.476. The van der Waals surface area contributed by atoms with Crippen LogP contribution >= 0.6 is 0 Å². The van der Waals surface area contributed by atoms with Crippen molar-refractivity contribution in [2.45, 2.75) is 31.7 Å². The van der Waals surface area contributed by atoms with E-state index in [1.165, 1.54) is 17.7 Å². The Morgan fingerprint density at radius 2 is 1.74 bits per heavy atom.